The maximum absolute atomic E-state index is 13.7. The number of phenolic OH excluding ortho intramolecular Hbond substituents is 1. The number of aromatic hydroxyl groups is 1. The Morgan fingerprint density at radius 2 is 2.03 bits per heavy atom. The molecular weight excluding hydrogens is 460 g/mol. The number of nitrogens with zero attached hydrogens (tertiary/aromatic N) is 1. The van der Waals surface area contributed by atoms with Crippen LogP contribution in [-0.2, 0) is 20.9 Å². The fourth-order valence-corrected chi connectivity index (χ4v) is 5.10. The smallest absolute Gasteiger partial charge is 0.337 e. The summed E-state index contributed by atoms with van der Waals surface area (Å²) in [6.07, 6.45) is 3.52. The summed E-state index contributed by atoms with van der Waals surface area (Å²) in [6.45, 7) is 1.73. The first-order valence-electron chi connectivity index (χ1n) is 11.7. The third-order valence-corrected chi connectivity index (χ3v) is 6.66. The Balaban J connectivity index is 1.54. The number of aromatic nitrogens is 1. The van der Waals surface area contributed by atoms with Crippen LogP contribution in [0, 0.1) is 0 Å². The second-order valence-electron chi connectivity index (χ2n) is 8.91. The van der Waals surface area contributed by atoms with E-state index in [0.29, 0.717) is 34.5 Å². The molecule has 184 valence electrons. The van der Waals surface area contributed by atoms with Gasteiger partial charge in [-0.25, -0.2) is 9.78 Å². The number of allylic oxidation sites excluding steroid dienone is 3. The SMILES string of the molecule is COc1ccccc1[C@H]1CC(=O)C2=C(C1)NC(C)=C(C(=O)OCc1cocn1)[C@H]2c1cccc(O)c1. The first-order valence-corrected chi connectivity index (χ1v) is 11.7. The molecule has 1 aromatic heterocycles. The van der Waals surface area contributed by atoms with Gasteiger partial charge in [0, 0.05) is 35.2 Å². The zero-order valence-electron chi connectivity index (χ0n) is 20.0. The largest absolute Gasteiger partial charge is 0.508 e. The molecule has 0 saturated heterocycles. The van der Waals surface area contributed by atoms with E-state index in [1.807, 2.05) is 24.3 Å². The van der Waals surface area contributed by atoms with E-state index in [9.17, 15) is 14.7 Å². The minimum absolute atomic E-state index is 0.0521. The second-order valence-corrected chi connectivity index (χ2v) is 8.91. The lowest BCUT2D eigenvalue weighted by molar-refractivity contribution is -0.140. The number of hydrogen-bond acceptors (Lipinski definition) is 8. The lowest BCUT2D eigenvalue weighted by atomic mass is 9.71. The summed E-state index contributed by atoms with van der Waals surface area (Å²) in [5.74, 6) is -0.590. The number of Topliss-reactive ketones (excluding diaryl/α,β-unsaturated/α-hetero) is 1. The highest BCUT2D eigenvalue weighted by atomic mass is 16.5. The van der Waals surface area contributed by atoms with Gasteiger partial charge in [0.15, 0.2) is 12.2 Å². The van der Waals surface area contributed by atoms with Gasteiger partial charge in [-0.3, -0.25) is 4.79 Å². The minimum atomic E-state index is -0.677. The molecule has 2 heterocycles. The lowest BCUT2D eigenvalue weighted by Crippen LogP contribution is -2.36. The monoisotopic (exact) mass is 486 g/mol. The fraction of sp³-hybridized carbons (Fsp3) is 0.250. The van der Waals surface area contributed by atoms with Crippen molar-refractivity contribution < 1.29 is 28.6 Å². The standard InChI is InChI=1S/C28H26N2O6/c1-16-25(28(33)36-14-19-13-35-15-29-19)26(17-6-5-7-20(31)10-17)27-22(30-16)11-18(12-23(27)32)21-8-3-4-9-24(21)34-2/h3-10,13,15,18,26,30-31H,11-12,14H2,1-2H3/t18-,26-/m1/s1. The summed E-state index contributed by atoms with van der Waals surface area (Å²) in [4.78, 5) is 31.0. The highest BCUT2D eigenvalue weighted by Crippen LogP contribution is 2.47. The van der Waals surface area contributed by atoms with Crippen LogP contribution < -0.4 is 10.1 Å². The molecule has 2 atom stereocenters. The van der Waals surface area contributed by atoms with Crippen molar-refractivity contribution in [3.05, 3.63) is 101 Å². The summed E-state index contributed by atoms with van der Waals surface area (Å²) >= 11 is 0. The lowest BCUT2D eigenvalue weighted by Gasteiger charge is -2.37. The topological polar surface area (TPSA) is 111 Å². The number of phenols is 1. The van der Waals surface area contributed by atoms with Crippen molar-refractivity contribution in [2.45, 2.75) is 38.2 Å². The Kier molecular flexibility index (Phi) is 6.33. The van der Waals surface area contributed by atoms with E-state index in [-0.39, 0.29) is 30.5 Å². The fourth-order valence-electron chi connectivity index (χ4n) is 5.10. The van der Waals surface area contributed by atoms with Crippen LogP contribution in [0.3, 0.4) is 0 Å². The third kappa shape index (κ3) is 4.37. The van der Waals surface area contributed by atoms with E-state index >= 15 is 0 Å². The number of dihydropyridines is 1. The van der Waals surface area contributed by atoms with Gasteiger partial charge in [-0.15, -0.1) is 0 Å². The van der Waals surface area contributed by atoms with Gasteiger partial charge in [-0.2, -0.15) is 0 Å². The molecule has 36 heavy (non-hydrogen) atoms. The summed E-state index contributed by atoms with van der Waals surface area (Å²) in [5, 5.41) is 13.5. The van der Waals surface area contributed by atoms with E-state index in [4.69, 9.17) is 13.9 Å². The van der Waals surface area contributed by atoms with E-state index in [0.717, 1.165) is 17.0 Å². The Labute approximate surface area is 208 Å². The molecule has 1 aliphatic carbocycles. The Morgan fingerprint density at radius 1 is 1.19 bits per heavy atom. The van der Waals surface area contributed by atoms with Crippen LogP contribution in [0.2, 0.25) is 0 Å². The number of nitrogens with one attached hydrogen (secondary N) is 1. The highest BCUT2D eigenvalue weighted by Gasteiger charge is 2.42. The zero-order valence-corrected chi connectivity index (χ0v) is 20.0. The van der Waals surface area contributed by atoms with Gasteiger partial charge in [-0.05, 0) is 42.7 Å². The molecule has 0 amide bonds. The average Bonchev–Trinajstić information content (AvgIpc) is 3.40. The molecule has 8 nitrogen and oxygen atoms in total. The number of methoxy groups -OCH3 is 1. The van der Waals surface area contributed by atoms with Gasteiger partial charge in [0.05, 0.1) is 12.7 Å². The zero-order chi connectivity index (χ0) is 25.2. The van der Waals surface area contributed by atoms with Gasteiger partial charge < -0.3 is 24.3 Å². The number of para-hydroxylation sites is 1. The summed E-state index contributed by atoms with van der Waals surface area (Å²) in [5.41, 5.74) is 4.29. The van der Waals surface area contributed by atoms with Crippen molar-refractivity contribution in [3.8, 4) is 11.5 Å². The number of benzene rings is 2. The number of oxazole rings is 1. The van der Waals surface area contributed by atoms with E-state index < -0.39 is 11.9 Å². The van der Waals surface area contributed by atoms with Crippen LogP contribution in [0.15, 0.2) is 88.1 Å². The number of ketones is 1. The van der Waals surface area contributed by atoms with Crippen LogP contribution in [-0.4, -0.2) is 29.0 Å². The van der Waals surface area contributed by atoms with Gasteiger partial charge in [0.25, 0.3) is 0 Å². The first kappa shape index (κ1) is 23.4. The average molecular weight is 487 g/mol. The number of rotatable bonds is 6. The molecular formula is C28H26N2O6. The second kappa shape index (κ2) is 9.73. The number of esters is 1. The Hall–Kier alpha value is -4.33. The van der Waals surface area contributed by atoms with Crippen molar-refractivity contribution in [2.75, 3.05) is 7.11 Å². The molecule has 0 unspecified atom stereocenters. The molecule has 0 bridgehead atoms. The van der Waals surface area contributed by atoms with Crippen molar-refractivity contribution in [2.24, 2.45) is 0 Å². The van der Waals surface area contributed by atoms with Crippen molar-refractivity contribution in [1.29, 1.82) is 0 Å². The molecule has 3 aromatic rings. The maximum atomic E-state index is 13.7. The molecule has 2 aliphatic rings. The summed E-state index contributed by atoms with van der Waals surface area (Å²) in [6, 6.07) is 14.3. The summed E-state index contributed by atoms with van der Waals surface area (Å²) in [7, 11) is 1.62. The highest BCUT2D eigenvalue weighted by molar-refractivity contribution is 6.04. The summed E-state index contributed by atoms with van der Waals surface area (Å²) < 4.78 is 16.0. The first-order chi connectivity index (χ1) is 17.5. The van der Waals surface area contributed by atoms with Gasteiger partial charge >= 0.3 is 5.97 Å². The molecule has 0 saturated carbocycles. The van der Waals surface area contributed by atoms with Crippen LogP contribution in [0.5, 0.6) is 11.5 Å². The third-order valence-electron chi connectivity index (χ3n) is 6.66. The molecule has 1 aliphatic heterocycles. The molecule has 2 aromatic carbocycles. The van der Waals surface area contributed by atoms with Crippen LogP contribution in [0.4, 0.5) is 0 Å². The normalized spacial score (nSPS) is 19.6. The Bertz CT molecular complexity index is 1370. The minimum Gasteiger partial charge on any atom is -0.508 e. The van der Waals surface area contributed by atoms with Crippen LogP contribution in [0.25, 0.3) is 0 Å². The maximum Gasteiger partial charge on any atom is 0.337 e. The molecule has 0 spiro atoms. The predicted molar refractivity (Wildman–Crippen MR) is 130 cm³/mol. The molecule has 5 rings (SSSR count). The van der Waals surface area contributed by atoms with Crippen LogP contribution >= 0.6 is 0 Å². The number of ether oxygens (including phenoxy) is 2. The quantitative estimate of drug-likeness (QED) is 0.490. The van der Waals surface area contributed by atoms with E-state index in [1.165, 1.54) is 12.7 Å². The number of hydrogen-bond donors (Lipinski definition) is 2. The number of carbonyl (C=O) groups is 2. The Morgan fingerprint density at radius 3 is 2.78 bits per heavy atom. The molecule has 2 N–H and O–H groups in total. The van der Waals surface area contributed by atoms with E-state index in [1.54, 1.807) is 38.3 Å². The number of carbonyl (C=O) groups excluding carboxylic acids is 2. The van der Waals surface area contributed by atoms with Crippen molar-refractivity contribution in [1.82, 2.24) is 10.3 Å². The van der Waals surface area contributed by atoms with Gasteiger partial charge in [0.2, 0.25) is 0 Å². The van der Waals surface area contributed by atoms with Crippen molar-refractivity contribution >= 4 is 11.8 Å². The van der Waals surface area contributed by atoms with Crippen molar-refractivity contribution in [3.63, 3.8) is 0 Å². The molecule has 8 heteroatoms. The van der Waals surface area contributed by atoms with Gasteiger partial charge in [0.1, 0.15) is 30.1 Å². The van der Waals surface area contributed by atoms with E-state index in [2.05, 4.69) is 10.3 Å². The molecule has 0 radical (unpaired) electrons. The molecule has 0 fully saturated rings. The van der Waals surface area contributed by atoms with Crippen LogP contribution in [0.1, 0.15) is 48.4 Å². The predicted octanol–water partition coefficient (Wildman–Crippen LogP) is 4.49. The van der Waals surface area contributed by atoms with Gasteiger partial charge in [-0.1, -0.05) is 30.3 Å².